The summed E-state index contributed by atoms with van der Waals surface area (Å²) >= 11 is 15.9. The summed E-state index contributed by atoms with van der Waals surface area (Å²) in [5.41, 5.74) is 3.27. The minimum absolute atomic E-state index is 0.0272. The first-order valence-corrected chi connectivity index (χ1v) is 11.0. The maximum Gasteiger partial charge on any atom is 0.255 e. The van der Waals surface area contributed by atoms with Crippen molar-refractivity contribution < 1.29 is 9.59 Å². The lowest BCUT2D eigenvalue weighted by atomic mass is 9.75. The molecule has 4 rings (SSSR count). The SMILES string of the molecule is CC1=C(C(=O)Nc2ccc(Br)cn2)C(c2ccc(Cl)cc2Cl)C2=C(CCCC2=O)N1. The van der Waals surface area contributed by atoms with Gasteiger partial charge in [0.1, 0.15) is 5.82 Å². The second kappa shape index (κ2) is 8.53. The van der Waals surface area contributed by atoms with Crippen molar-refractivity contribution in [3.63, 3.8) is 0 Å². The van der Waals surface area contributed by atoms with Crippen molar-refractivity contribution in [1.82, 2.24) is 10.3 Å². The van der Waals surface area contributed by atoms with Crippen LogP contribution in [0.25, 0.3) is 0 Å². The van der Waals surface area contributed by atoms with E-state index in [9.17, 15) is 9.59 Å². The Hall–Kier alpha value is -2.15. The Kier molecular flexibility index (Phi) is 6.00. The van der Waals surface area contributed by atoms with Crippen LogP contribution in [0.4, 0.5) is 5.82 Å². The highest BCUT2D eigenvalue weighted by Crippen LogP contribution is 2.44. The van der Waals surface area contributed by atoms with E-state index in [-0.39, 0.29) is 11.7 Å². The first-order valence-electron chi connectivity index (χ1n) is 9.47. The van der Waals surface area contributed by atoms with E-state index in [0.29, 0.717) is 44.7 Å². The van der Waals surface area contributed by atoms with E-state index >= 15 is 0 Å². The molecule has 1 unspecified atom stereocenters. The Balaban J connectivity index is 1.81. The number of amides is 1. The number of carbonyl (C=O) groups excluding carboxylic acids is 2. The normalized spacial score (nSPS) is 18.8. The number of pyridine rings is 1. The lowest BCUT2D eigenvalue weighted by molar-refractivity contribution is -0.116. The molecule has 1 atom stereocenters. The number of anilines is 1. The number of Topliss-reactive ketones (excluding diaryl/α,β-unsaturated/α-hetero) is 1. The number of hydrogen-bond donors (Lipinski definition) is 2. The zero-order chi connectivity index (χ0) is 21.4. The van der Waals surface area contributed by atoms with Gasteiger partial charge in [0.05, 0.1) is 0 Å². The van der Waals surface area contributed by atoms with Crippen LogP contribution in [-0.2, 0) is 9.59 Å². The molecule has 2 aromatic rings. The fraction of sp³-hybridized carbons (Fsp3) is 0.227. The second-order valence-corrected chi connectivity index (χ2v) is 9.01. The Morgan fingerprint density at radius 2 is 2.03 bits per heavy atom. The lowest BCUT2D eigenvalue weighted by Crippen LogP contribution is -2.35. The van der Waals surface area contributed by atoms with Crippen LogP contribution in [0.1, 0.15) is 37.7 Å². The molecule has 0 radical (unpaired) electrons. The molecule has 2 aliphatic rings. The molecule has 2 heterocycles. The molecule has 0 saturated carbocycles. The largest absolute Gasteiger partial charge is 0.362 e. The Labute approximate surface area is 192 Å². The van der Waals surface area contributed by atoms with Crippen LogP contribution >= 0.6 is 39.1 Å². The van der Waals surface area contributed by atoms with E-state index in [1.165, 1.54) is 0 Å². The fourth-order valence-corrected chi connectivity index (χ4v) is 4.72. The van der Waals surface area contributed by atoms with Gasteiger partial charge in [-0.2, -0.15) is 0 Å². The van der Waals surface area contributed by atoms with Crippen LogP contribution in [0.15, 0.2) is 63.5 Å². The molecule has 0 spiro atoms. The van der Waals surface area contributed by atoms with Gasteiger partial charge in [-0.3, -0.25) is 9.59 Å². The van der Waals surface area contributed by atoms with Crippen molar-refractivity contribution in [1.29, 1.82) is 0 Å². The molecule has 30 heavy (non-hydrogen) atoms. The molecule has 0 fully saturated rings. The van der Waals surface area contributed by atoms with Crippen molar-refractivity contribution in [2.24, 2.45) is 0 Å². The third kappa shape index (κ3) is 4.04. The average molecular weight is 507 g/mol. The molecule has 1 amide bonds. The summed E-state index contributed by atoms with van der Waals surface area (Å²) in [5.74, 6) is -0.469. The van der Waals surface area contributed by atoms with Gasteiger partial charge < -0.3 is 10.6 Å². The number of nitrogens with zero attached hydrogens (tertiary/aromatic N) is 1. The Morgan fingerprint density at radius 1 is 1.23 bits per heavy atom. The maximum absolute atomic E-state index is 13.3. The number of hydrogen-bond acceptors (Lipinski definition) is 4. The first-order chi connectivity index (χ1) is 14.3. The number of halogens is 3. The predicted octanol–water partition coefficient (Wildman–Crippen LogP) is 5.76. The molecule has 154 valence electrons. The number of allylic oxidation sites excluding steroid dienone is 3. The van der Waals surface area contributed by atoms with Gasteiger partial charge >= 0.3 is 0 Å². The van der Waals surface area contributed by atoms with Crippen LogP contribution in [0.5, 0.6) is 0 Å². The maximum atomic E-state index is 13.3. The minimum atomic E-state index is -0.575. The molecule has 2 N–H and O–H groups in total. The van der Waals surface area contributed by atoms with E-state index in [1.54, 1.807) is 36.5 Å². The highest BCUT2D eigenvalue weighted by atomic mass is 79.9. The van der Waals surface area contributed by atoms with Crippen molar-refractivity contribution in [3.8, 4) is 0 Å². The molecule has 5 nitrogen and oxygen atoms in total. The van der Waals surface area contributed by atoms with E-state index in [4.69, 9.17) is 23.2 Å². The van der Waals surface area contributed by atoms with Crippen LogP contribution in [0, 0.1) is 0 Å². The summed E-state index contributed by atoms with van der Waals surface area (Å²) in [5, 5.41) is 7.03. The van der Waals surface area contributed by atoms with E-state index in [0.717, 1.165) is 23.0 Å². The van der Waals surface area contributed by atoms with Crippen LogP contribution in [0.3, 0.4) is 0 Å². The molecule has 8 heteroatoms. The van der Waals surface area contributed by atoms with Crippen molar-refractivity contribution in [2.45, 2.75) is 32.1 Å². The predicted molar refractivity (Wildman–Crippen MR) is 121 cm³/mol. The number of ketones is 1. The zero-order valence-corrected chi connectivity index (χ0v) is 19.2. The second-order valence-electron chi connectivity index (χ2n) is 7.25. The smallest absolute Gasteiger partial charge is 0.255 e. The number of carbonyl (C=O) groups is 2. The number of benzene rings is 1. The standard InChI is InChI=1S/C22H18BrCl2N3O2/c1-11-19(22(30)28-18-8-5-12(23)10-26-18)20(14-7-6-13(24)9-15(14)25)21-16(27-11)3-2-4-17(21)29/h5-10,20,27H,2-4H2,1H3,(H,26,28,30). The van der Waals surface area contributed by atoms with Crippen LogP contribution < -0.4 is 10.6 Å². The highest BCUT2D eigenvalue weighted by Gasteiger charge is 2.39. The fourth-order valence-electron chi connectivity index (χ4n) is 3.96. The van der Waals surface area contributed by atoms with Gasteiger partial charge in [-0.25, -0.2) is 4.98 Å². The van der Waals surface area contributed by atoms with Gasteiger partial charge in [-0.1, -0.05) is 29.3 Å². The average Bonchev–Trinajstić information content (AvgIpc) is 2.69. The van der Waals surface area contributed by atoms with Crippen molar-refractivity contribution in [3.05, 3.63) is 79.2 Å². The molecular weight excluding hydrogens is 489 g/mol. The summed E-state index contributed by atoms with van der Waals surface area (Å²) in [7, 11) is 0. The Morgan fingerprint density at radius 3 is 2.73 bits per heavy atom. The summed E-state index contributed by atoms with van der Waals surface area (Å²) in [6.07, 6.45) is 3.59. The molecule has 1 aliphatic heterocycles. The highest BCUT2D eigenvalue weighted by molar-refractivity contribution is 9.10. The summed E-state index contributed by atoms with van der Waals surface area (Å²) in [6.45, 7) is 1.84. The molecular formula is C22H18BrCl2N3O2. The summed E-state index contributed by atoms with van der Waals surface area (Å²) in [4.78, 5) is 30.5. The molecule has 1 aliphatic carbocycles. The zero-order valence-electron chi connectivity index (χ0n) is 16.1. The van der Waals surface area contributed by atoms with E-state index < -0.39 is 5.92 Å². The van der Waals surface area contributed by atoms with E-state index in [2.05, 4.69) is 31.5 Å². The van der Waals surface area contributed by atoms with Crippen LogP contribution in [-0.4, -0.2) is 16.7 Å². The minimum Gasteiger partial charge on any atom is -0.362 e. The quantitative estimate of drug-likeness (QED) is 0.555. The monoisotopic (exact) mass is 505 g/mol. The lowest BCUT2D eigenvalue weighted by Gasteiger charge is -2.34. The van der Waals surface area contributed by atoms with Gasteiger partial charge in [-0.05, 0) is 65.5 Å². The summed E-state index contributed by atoms with van der Waals surface area (Å²) < 4.78 is 0.809. The Bertz CT molecular complexity index is 1110. The van der Waals surface area contributed by atoms with Gasteiger partial charge in [0.15, 0.2) is 5.78 Å². The molecule has 1 aromatic carbocycles. The number of nitrogens with one attached hydrogen (secondary N) is 2. The molecule has 1 aromatic heterocycles. The van der Waals surface area contributed by atoms with Crippen molar-refractivity contribution >= 4 is 56.6 Å². The number of aromatic nitrogens is 1. The van der Waals surface area contributed by atoms with Gasteiger partial charge in [0, 0.05) is 55.6 Å². The first kappa shape index (κ1) is 21.1. The molecule has 0 saturated heterocycles. The number of rotatable bonds is 3. The number of dihydropyridines is 1. The van der Waals surface area contributed by atoms with Gasteiger partial charge in [-0.15, -0.1) is 0 Å². The van der Waals surface area contributed by atoms with Gasteiger partial charge in [0.25, 0.3) is 5.91 Å². The summed E-state index contributed by atoms with van der Waals surface area (Å²) in [6, 6.07) is 8.64. The van der Waals surface area contributed by atoms with Gasteiger partial charge in [0.2, 0.25) is 0 Å². The topological polar surface area (TPSA) is 71.1 Å². The van der Waals surface area contributed by atoms with E-state index in [1.807, 2.05) is 6.92 Å². The third-order valence-electron chi connectivity index (χ3n) is 5.26. The van der Waals surface area contributed by atoms with Crippen LogP contribution in [0.2, 0.25) is 10.0 Å². The van der Waals surface area contributed by atoms with Crippen molar-refractivity contribution in [2.75, 3.05) is 5.32 Å². The molecule has 0 bridgehead atoms. The third-order valence-corrected chi connectivity index (χ3v) is 6.29.